The highest BCUT2D eigenvalue weighted by Gasteiger charge is 2.23. The molecule has 0 saturated carbocycles. The molecule has 14 heavy (non-hydrogen) atoms. The zero-order valence-corrected chi connectivity index (χ0v) is 9.63. The largest absolute Gasteiger partial charge is 0.312 e. The zero-order valence-electron chi connectivity index (χ0n) is 9.63. The van der Waals surface area contributed by atoms with E-state index >= 15 is 0 Å². The average Bonchev–Trinajstić information content (AvgIpc) is 2.61. The number of likely N-dealkylation sites (tertiary alicyclic amines) is 1. The SMILES string of the molecule is C=CCNCCN1CCC(C(C)C)C1. The van der Waals surface area contributed by atoms with Gasteiger partial charge >= 0.3 is 0 Å². The Hall–Kier alpha value is -0.340. The van der Waals surface area contributed by atoms with Gasteiger partial charge in [0.05, 0.1) is 0 Å². The molecule has 1 rings (SSSR count). The summed E-state index contributed by atoms with van der Waals surface area (Å²) in [4.78, 5) is 2.57. The monoisotopic (exact) mass is 196 g/mol. The number of hydrogen-bond donors (Lipinski definition) is 1. The lowest BCUT2D eigenvalue weighted by Crippen LogP contribution is -2.31. The molecule has 1 aliphatic heterocycles. The van der Waals surface area contributed by atoms with Crippen molar-refractivity contribution in [3.63, 3.8) is 0 Å². The molecule has 1 aliphatic rings. The Kier molecular flexibility index (Phi) is 5.20. The van der Waals surface area contributed by atoms with E-state index in [2.05, 4.69) is 30.6 Å². The van der Waals surface area contributed by atoms with Gasteiger partial charge in [-0.3, -0.25) is 0 Å². The third-order valence-corrected chi connectivity index (χ3v) is 3.15. The Morgan fingerprint density at radius 2 is 2.36 bits per heavy atom. The zero-order chi connectivity index (χ0) is 10.4. The van der Waals surface area contributed by atoms with E-state index in [1.165, 1.54) is 26.1 Å². The van der Waals surface area contributed by atoms with Crippen LogP contribution in [0.5, 0.6) is 0 Å². The molecular weight excluding hydrogens is 172 g/mol. The number of hydrogen-bond acceptors (Lipinski definition) is 2. The van der Waals surface area contributed by atoms with Crippen molar-refractivity contribution in [1.29, 1.82) is 0 Å². The van der Waals surface area contributed by atoms with Gasteiger partial charge in [-0.2, -0.15) is 0 Å². The van der Waals surface area contributed by atoms with E-state index in [4.69, 9.17) is 0 Å². The Bertz CT molecular complexity index is 166. The summed E-state index contributed by atoms with van der Waals surface area (Å²) >= 11 is 0. The molecule has 82 valence electrons. The van der Waals surface area contributed by atoms with Crippen molar-refractivity contribution in [2.75, 3.05) is 32.7 Å². The van der Waals surface area contributed by atoms with Crippen LogP contribution in [0.1, 0.15) is 20.3 Å². The quantitative estimate of drug-likeness (QED) is 0.514. The smallest absolute Gasteiger partial charge is 0.0132 e. The molecule has 1 heterocycles. The topological polar surface area (TPSA) is 15.3 Å². The van der Waals surface area contributed by atoms with E-state index in [1.807, 2.05) is 6.08 Å². The molecule has 0 aromatic heterocycles. The van der Waals surface area contributed by atoms with E-state index in [0.29, 0.717) is 0 Å². The van der Waals surface area contributed by atoms with Crippen LogP contribution < -0.4 is 5.32 Å². The van der Waals surface area contributed by atoms with Crippen LogP contribution in [0.3, 0.4) is 0 Å². The predicted octanol–water partition coefficient (Wildman–Crippen LogP) is 1.74. The van der Waals surface area contributed by atoms with Crippen LogP contribution in [0.4, 0.5) is 0 Å². The first kappa shape index (κ1) is 11.7. The van der Waals surface area contributed by atoms with Gasteiger partial charge in [0.1, 0.15) is 0 Å². The Morgan fingerprint density at radius 3 is 2.93 bits per heavy atom. The van der Waals surface area contributed by atoms with Gasteiger partial charge in [0, 0.05) is 26.2 Å². The summed E-state index contributed by atoms with van der Waals surface area (Å²) in [5.74, 6) is 1.77. The first-order valence-corrected chi connectivity index (χ1v) is 5.78. The van der Waals surface area contributed by atoms with Crippen molar-refractivity contribution < 1.29 is 0 Å². The van der Waals surface area contributed by atoms with Gasteiger partial charge in [0.25, 0.3) is 0 Å². The van der Waals surface area contributed by atoms with Crippen molar-refractivity contribution in [3.05, 3.63) is 12.7 Å². The van der Waals surface area contributed by atoms with Crippen LogP contribution in [-0.2, 0) is 0 Å². The van der Waals surface area contributed by atoms with E-state index in [1.54, 1.807) is 0 Å². The summed E-state index contributed by atoms with van der Waals surface area (Å²) in [6.45, 7) is 14.2. The molecule has 0 aromatic rings. The third-order valence-electron chi connectivity index (χ3n) is 3.15. The molecule has 1 N–H and O–H groups in total. The first-order valence-electron chi connectivity index (χ1n) is 5.78. The summed E-state index contributed by atoms with van der Waals surface area (Å²) in [6.07, 6.45) is 3.31. The van der Waals surface area contributed by atoms with E-state index in [0.717, 1.165) is 24.9 Å². The molecule has 1 atom stereocenters. The Balaban J connectivity index is 2.07. The maximum absolute atomic E-state index is 3.69. The minimum atomic E-state index is 0.848. The van der Waals surface area contributed by atoms with Crippen LogP contribution in [0.15, 0.2) is 12.7 Å². The Labute approximate surface area is 88.4 Å². The van der Waals surface area contributed by atoms with Gasteiger partial charge in [0.2, 0.25) is 0 Å². The second-order valence-electron chi connectivity index (χ2n) is 4.59. The maximum atomic E-state index is 3.69. The van der Waals surface area contributed by atoms with Crippen LogP contribution in [0, 0.1) is 11.8 Å². The summed E-state index contributed by atoms with van der Waals surface area (Å²) in [5.41, 5.74) is 0. The van der Waals surface area contributed by atoms with Crippen molar-refractivity contribution in [2.24, 2.45) is 11.8 Å². The van der Waals surface area contributed by atoms with Crippen LogP contribution in [-0.4, -0.2) is 37.6 Å². The van der Waals surface area contributed by atoms with Gasteiger partial charge in [-0.25, -0.2) is 0 Å². The fourth-order valence-electron chi connectivity index (χ4n) is 2.05. The second kappa shape index (κ2) is 6.20. The Morgan fingerprint density at radius 1 is 1.57 bits per heavy atom. The van der Waals surface area contributed by atoms with Crippen LogP contribution in [0.25, 0.3) is 0 Å². The van der Waals surface area contributed by atoms with Crippen molar-refractivity contribution in [1.82, 2.24) is 10.2 Å². The molecule has 1 saturated heterocycles. The average molecular weight is 196 g/mol. The summed E-state index contributed by atoms with van der Waals surface area (Å²) in [5, 5.41) is 3.35. The van der Waals surface area contributed by atoms with Gasteiger partial charge in [0.15, 0.2) is 0 Å². The minimum Gasteiger partial charge on any atom is -0.312 e. The van der Waals surface area contributed by atoms with E-state index in [9.17, 15) is 0 Å². The molecule has 0 amide bonds. The summed E-state index contributed by atoms with van der Waals surface area (Å²) < 4.78 is 0. The molecule has 2 heteroatoms. The molecule has 2 nitrogen and oxygen atoms in total. The van der Waals surface area contributed by atoms with Gasteiger partial charge < -0.3 is 10.2 Å². The number of nitrogens with one attached hydrogen (secondary N) is 1. The number of rotatable bonds is 6. The van der Waals surface area contributed by atoms with Gasteiger partial charge in [-0.15, -0.1) is 6.58 Å². The van der Waals surface area contributed by atoms with Crippen molar-refractivity contribution >= 4 is 0 Å². The molecule has 1 unspecified atom stereocenters. The molecule has 0 spiro atoms. The van der Waals surface area contributed by atoms with E-state index in [-0.39, 0.29) is 0 Å². The van der Waals surface area contributed by atoms with E-state index < -0.39 is 0 Å². The molecule has 1 fully saturated rings. The molecule has 0 radical (unpaired) electrons. The lowest BCUT2D eigenvalue weighted by atomic mass is 9.95. The maximum Gasteiger partial charge on any atom is 0.0132 e. The highest BCUT2D eigenvalue weighted by Crippen LogP contribution is 2.22. The summed E-state index contributed by atoms with van der Waals surface area (Å²) in [6, 6.07) is 0. The van der Waals surface area contributed by atoms with Crippen LogP contribution in [0.2, 0.25) is 0 Å². The normalized spacial score (nSPS) is 23.2. The molecular formula is C12H24N2. The molecule has 0 aromatic carbocycles. The third kappa shape index (κ3) is 3.81. The second-order valence-corrected chi connectivity index (χ2v) is 4.59. The molecule has 0 bridgehead atoms. The highest BCUT2D eigenvalue weighted by atomic mass is 15.2. The van der Waals surface area contributed by atoms with Crippen LogP contribution >= 0.6 is 0 Å². The van der Waals surface area contributed by atoms with Gasteiger partial charge in [-0.05, 0) is 24.8 Å². The minimum absolute atomic E-state index is 0.848. The molecule has 0 aliphatic carbocycles. The first-order chi connectivity index (χ1) is 6.74. The highest BCUT2D eigenvalue weighted by molar-refractivity contribution is 4.78. The lowest BCUT2D eigenvalue weighted by Gasteiger charge is -2.17. The van der Waals surface area contributed by atoms with Crippen molar-refractivity contribution in [3.8, 4) is 0 Å². The summed E-state index contributed by atoms with van der Waals surface area (Å²) in [7, 11) is 0. The lowest BCUT2D eigenvalue weighted by molar-refractivity contribution is 0.303. The fraction of sp³-hybridized carbons (Fsp3) is 0.833. The predicted molar refractivity (Wildman–Crippen MR) is 62.5 cm³/mol. The standard InChI is InChI=1S/C12H24N2/c1-4-6-13-7-9-14-8-5-12(10-14)11(2)3/h4,11-13H,1,5-10H2,2-3H3. The number of nitrogens with zero attached hydrogens (tertiary/aromatic N) is 1. The van der Waals surface area contributed by atoms with Gasteiger partial charge in [-0.1, -0.05) is 19.9 Å². The fourth-order valence-corrected chi connectivity index (χ4v) is 2.05. The van der Waals surface area contributed by atoms with Crippen molar-refractivity contribution in [2.45, 2.75) is 20.3 Å².